The maximum Gasteiger partial charge on any atom is 0.307 e. The quantitative estimate of drug-likeness (QED) is 0.796. The van der Waals surface area contributed by atoms with E-state index in [1.807, 2.05) is 25.1 Å². The van der Waals surface area contributed by atoms with Gasteiger partial charge in [0.05, 0.1) is 5.92 Å². The maximum atomic E-state index is 11.6. The van der Waals surface area contributed by atoms with Crippen LogP contribution in [0.25, 0.3) is 0 Å². The van der Waals surface area contributed by atoms with E-state index in [0.717, 1.165) is 6.42 Å². The molecule has 4 nitrogen and oxygen atoms in total. The molecule has 1 rings (SSSR count). The SMILES string of the molecule is CCCC(CC(=O)Nc1ccccc1)C(=O)O. The molecule has 0 saturated heterocycles. The fraction of sp³-hybridized carbons (Fsp3) is 0.385. The molecule has 0 aliphatic rings. The van der Waals surface area contributed by atoms with Crippen molar-refractivity contribution < 1.29 is 14.7 Å². The number of carboxylic acids is 1. The van der Waals surface area contributed by atoms with Gasteiger partial charge in [-0.15, -0.1) is 0 Å². The number of carbonyl (C=O) groups excluding carboxylic acids is 1. The molecule has 92 valence electrons. The van der Waals surface area contributed by atoms with E-state index in [-0.39, 0.29) is 12.3 Å². The molecule has 1 atom stereocenters. The molecule has 1 aromatic carbocycles. The molecule has 0 aliphatic heterocycles. The largest absolute Gasteiger partial charge is 0.481 e. The average Bonchev–Trinajstić information content (AvgIpc) is 2.29. The summed E-state index contributed by atoms with van der Waals surface area (Å²) in [6.07, 6.45) is 1.31. The second-order valence-corrected chi connectivity index (χ2v) is 3.94. The number of anilines is 1. The Balaban J connectivity index is 2.51. The summed E-state index contributed by atoms with van der Waals surface area (Å²) in [5, 5.41) is 11.6. The van der Waals surface area contributed by atoms with Crippen molar-refractivity contribution in [2.45, 2.75) is 26.2 Å². The van der Waals surface area contributed by atoms with E-state index in [1.165, 1.54) is 0 Å². The van der Waals surface area contributed by atoms with E-state index in [1.54, 1.807) is 12.1 Å². The van der Waals surface area contributed by atoms with Crippen LogP contribution in [0.5, 0.6) is 0 Å². The van der Waals surface area contributed by atoms with Crippen LogP contribution >= 0.6 is 0 Å². The van der Waals surface area contributed by atoms with Crippen molar-refractivity contribution in [3.05, 3.63) is 30.3 Å². The van der Waals surface area contributed by atoms with Crippen LogP contribution < -0.4 is 5.32 Å². The standard InChI is InChI=1S/C13H17NO3/c1-2-6-10(13(16)17)9-12(15)14-11-7-4-3-5-8-11/h3-5,7-8,10H,2,6,9H2,1H3,(H,14,15)(H,16,17). The number of aliphatic carboxylic acids is 1. The summed E-state index contributed by atoms with van der Waals surface area (Å²) in [7, 11) is 0. The van der Waals surface area contributed by atoms with Crippen molar-refractivity contribution in [3.8, 4) is 0 Å². The highest BCUT2D eigenvalue weighted by Crippen LogP contribution is 2.13. The van der Waals surface area contributed by atoms with Crippen LogP contribution in [-0.2, 0) is 9.59 Å². The molecule has 0 heterocycles. The summed E-state index contributed by atoms with van der Waals surface area (Å²) < 4.78 is 0. The third-order valence-corrected chi connectivity index (χ3v) is 2.48. The lowest BCUT2D eigenvalue weighted by atomic mass is 10.00. The van der Waals surface area contributed by atoms with Crippen molar-refractivity contribution >= 4 is 17.6 Å². The molecule has 1 amide bonds. The third-order valence-electron chi connectivity index (χ3n) is 2.48. The molecule has 0 aliphatic carbocycles. The van der Waals surface area contributed by atoms with E-state index < -0.39 is 11.9 Å². The first-order chi connectivity index (χ1) is 8.13. The molecule has 0 radical (unpaired) electrons. The number of amides is 1. The van der Waals surface area contributed by atoms with Crippen LogP contribution in [0.15, 0.2) is 30.3 Å². The fourth-order valence-electron chi connectivity index (χ4n) is 1.62. The van der Waals surface area contributed by atoms with Gasteiger partial charge in [0, 0.05) is 12.1 Å². The molecular formula is C13H17NO3. The van der Waals surface area contributed by atoms with Gasteiger partial charge in [0.15, 0.2) is 0 Å². The number of hydrogen-bond acceptors (Lipinski definition) is 2. The number of hydrogen-bond donors (Lipinski definition) is 2. The monoisotopic (exact) mass is 235 g/mol. The van der Waals surface area contributed by atoms with Gasteiger partial charge < -0.3 is 10.4 Å². The Bertz CT molecular complexity index is 376. The van der Waals surface area contributed by atoms with Gasteiger partial charge in [0.2, 0.25) is 5.91 Å². The van der Waals surface area contributed by atoms with Gasteiger partial charge in [0.25, 0.3) is 0 Å². The van der Waals surface area contributed by atoms with Crippen LogP contribution in [0.2, 0.25) is 0 Å². The topological polar surface area (TPSA) is 66.4 Å². The first-order valence-electron chi connectivity index (χ1n) is 5.71. The Labute approximate surface area is 101 Å². The van der Waals surface area contributed by atoms with Gasteiger partial charge >= 0.3 is 5.97 Å². The Morgan fingerprint density at radius 1 is 1.29 bits per heavy atom. The second-order valence-electron chi connectivity index (χ2n) is 3.94. The van der Waals surface area contributed by atoms with Gasteiger partial charge in [-0.25, -0.2) is 0 Å². The summed E-state index contributed by atoms with van der Waals surface area (Å²) in [5.74, 6) is -1.75. The van der Waals surface area contributed by atoms with Gasteiger partial charge in [-0.3, -0.25) is 9.59 Å². The normalized spacial score (nSPS) is 11.8. The zero-order chi connectivity index (χ0) is 12.7. The highest BCUT2D eigenvalue weighted by atomic mass is 16.4. The molecule has 1 unspecified atom stereocenters. The fourth-order valence-corrected chi connectivity index (χ4v) is 1.62. The van der Waals surface area contributed by atoms with Gasteiger partial charge in [-0.2, -0.15) is 0 Å². The summed E-state index contributed by atoms with van der Waals surface area (Å²) in [6.45, 7) is 1.91. The number of carboxylic acid groups (broad SMARTS) is 1. The number of carbonyl (C=O) groups is 2. The van der Waals surface area contributed by atoms with E-state index in [4.69, 9.17) is 5.11 Å². The summed E-state index contributed by atoms with van der Waals surface area (Å²) >= 11 is 0. The molecular weight excluding hydrogens is 218 g/mol. The van der Waals surface area contributed by atoms with E-state index >= 15 is 0 Å². The van der Waals surface area contributed by atoms with Gasteiger partial charge in [0.1, 0.15) is 0 Å². The predicted molar refractivity (Wildman–Crippen MR) is 65.7 cm³/mol. The first-order valence-corrected chi connectivity index (χ1v) is 5.71. The lowest BCUT2D eigenvalue weighted by Gasteiger charge is -2.11. The third kappa shape index (κ3) is 4.68. The summed E-state index contributed by atoms with van der Waals surface area (Å²) in [5.41, 5.74) is 0.693. The Hall–Kier alpha value is -1.84. The molecule has 0 aromatic heterocycles. The second kappa shape index (κ2) is 6.68. The van der Waals surface area contributed by atoms with Crippen molar-refractivity contribution in [1.29, 1.82) is 0 Å². The molecule has 0 spiro atoms. The minimum atomic E-state index is -0.907. The highest BCUT2D eigenvalue weighted by molar-refractivity contribution is 5.93. The molecule has 2 N–H and O–H groups in total. The zero-order valence-electron chi connectivity index (χ0n) is 9.85. The van der Waals surface area contributed by atoms with Crippen LogP contribution in [0.3, 0.4) is 0 Å². The Morgan fingerprint density at radius 2 is 1.94 bits per heavy atom. The molecule has 0 bridgehead atoms. The molecule has 4 heteroatoms. The molecule has 0 saturated carbocycles. The van der Waals surface area contributed by atoms with Crippen LogP contribution in [0.1, 0.15) is 26.2 Å². The van der Waals surface area contributed by atoms with Crippen LogP contribution in [0.4, 0.5) is 5.69 Å². The predicted octanol–water partition coefficient (Wildman–Crippen LogP) is 2.52. The van der Waals surface area contributed by atoms with E-state index in [2.05, 4.69) is 5.32 Å². The van der Waals surface area contributed by atoms with Crippen molar-refractivity contribution in [3.63, 3.8) is 0 Å². The van der Waals surface area contributed by atoms with Crippen molar-refractivity contribution in [1.82, 2.24) is 0 Å². The Kier molecular flexibility index (Phi) is 5.20. The smallest absolute Gasteiger partial charge is 0.307 e. The van der Waals surface area contributed by atoms with Gasteiger partial charge in [-0.1, -0.05) is 31.5 Å². The zero-order valence-corrected chi connectivity index (χ0v) is 9.85. The van der Waals surface area contributed by atoms with Crippen LogP contribution in [-0.4, -0.2) is 17.0 Å². The number of nitrogens with one attached hydrogen (secondary N) is 1. The highest BCUT2D eigenvalue weighted by Gasteiger charge is 2.20. The Morgan fingerprint density at radius 3 is 2.47 bits per heavy atom. The van der Waals surface area contributed by atoms with Crippen molar-refractivity contribution in [2.24, 2.45) is 5.92 Å². The average molecular weight is 235 g/mol. The number of rotatable bonds is 6. The maximum absolute atomic E-state index is 11.6. The van der Waals surface area contributed by atoms with Crippen LogP contribution in [0, 0.1) is 5.92 Å². The molecule has 1 aromatic rings. The van der Waals surface area contributed by atoms with Gasteiger partial charge in [-0.05, 0) is 18.6 Å². The van der Waals surface area contributed by atoms with Crippen molar-refractivity contribution in [2.75, 3.05) is 5.32 Å². The summed E-state index contributed by atoms with van der Waals surface area (Å²) in [6, 6.07) is 9.03. The van der Waals surface area contributed by atoms with E-state index in [9.17, 15) is 9.59 Å². The molecule has 0 fully saturated rings. The summed E-state index contributed by atoms with van der Waals surface area (Å²) in [4.78, 5) is 22.5. The van der Waals surface area contributed by atoms with E-state index in [0.29, 0.717) is 12.1 Å². The first kappa shape index (κ1) is 13.2. The lowest BCUT2D eigenvalue weighted by Crippen LogP contribution is -2.22. The minimum Gasteiger partial charge on any atom is -0.481 e. The number of benzene rings is 1. The number of para-hydroxylation sites is 1. The molecule has 17 heavy (non-hydrogen) atoms. The minimum absolute atomic E-state index is 0.0259. The lowest BCUT2D eigenvalue weighted by molar-refractivity contribution is -0.143.